The molecule has 188 valence electrons. The highest BCUT2D eigenvalue weighted by Gasteiger charge is 2.52. The van der Waals surface area contributed by atoms with Gasteiger partial charge in [-0.15, -0.1) is 0 Å². The van der Waals surface area contributed by atoms with Gasteiger partial charge in [0.2, 0.25) is 5.91 Å². The molecular weight excluding hydrogens is 450 g/mol. The fourth-order valence-corrected chi connectivity index (χ4v) is 6.61. The van der Waals surface area contributed by atoms with Gasteiger partial charge in [-0.3, -0.25) is 4.79 Å². The van der Waals surface area contributed by atoms with Gasteiger partial charge < -0.3 is 14.7 Å². The fourth-order valence-electron chi connectivity index (χ4n) is 6.61. The quantitative estimate of drug-likeness (QED) is 0.642. The van der Waals surface area contributed by atoms with Crippen molar-refractivity contribution in [2.24, 2.45) is 11.3 Å². The van der Waals surface area contributed by atoms with Gasteiger partial charge in [0, 0.05) is 54.3 Å². The average Bonchev–Trinajstić information content (AvgIpc) is 3.65. The summed E-state index contributed by atoms with van der Waals surface area (Å²) in [6.45, 7) is 10.9. The molecule has 36 heavy (non-hydrogen) atoms. The first-order chi connectivity index (χ1) is 17.2. The topological polar surface area (TPSA) is 89.2 Å². The monoisotopic (exact) mass is 485 g/mol. The Hall–Kier alpha value is -3.21. The summed E-state index contributed by atoms with van der Waals surface area (Å²) in [6, 6.07) is 6.08. The number of hydrogen-bond acceptors (Lipinski definition) is 7. The molecule has 1 spiro atoms. The number of carbonyl (C=O) groups excluding carboxylic acids is 1. The zero-order valence-electron chi connectivity index (χ0n) is 21.7. The van der Waals surface area contributed by atoms with Crippen LogP contribution in [0.3, 0.4) is 0 Å². The van der Waals surface area contributed by atoms with Crippen molar-refractivity contribution < 1.29 is 4.79 Å². The van der Waals surface area contributed by atoms with Crippen LogP contribution in [-0.2, 0) is 10.2 Å². The van der Waals surface area contributed by atoms with Gasteiger partial charge in [0.1, 0.15) is 23.8 Å². The molecule has 2 aliphatic carbocycles. The summed E-state index contributed by atoms with van der Waals surface area (Å²) in [5.74, 6) is 3.50. The summed E-state index contributed by atoms with van der Waals surface area (Å²) < 4.78 is 0. The number of aromatic nitrogens is 3. The highest BCUT2D eigenvalue weighted by Crippen LogP contribution is 2.56. The van der Waals surface area contributed by atoms with Crippen LogP contribution in [0.1, 0.15) is 70.9 Å². The van der Waals surface area contributed by atoms with Crippen molar-refractivity contribution in [1.29, 1.82) is 5.26 Å². The number of rotatable bonds is 4. The van der Waals surface area contributed by atoms with Crippen molar-refractivity contribution in [2.45, 2.75) is 77.3 Å². The van der Waals surface area contributed by atoms with Gasteiger partial charge in [0.15, 0.2) is 0 Å². The van der Waals surface area contributed by atoms with Crippen LogP contribution < -0.4 is 9.80 Å². The number of anilines is 3. The lowest BCUT2D eigenvalue weighted by molar-refractivity contribution is -0.144. The first kappa shape index (κ1) is 23.2. The van der Waals surface area contributed by atoms with E-state index in [-0.39, 0.29) is 22.9 Å². The van der Waals surface area contributed by atoms with Crippen molar-refractivity contribution in [1.82, 2.24) is 19.9 Å². The summed E-state index contributed by atoms with van der Waals surface area (Å²) in [4.78, 5) is 34.4. The second-order valence-electron chi connectivity index (χ2n) is 11.9. The van der Waals surface area contributed by atoms with Gasteiger partial charge in [0.25, 0.3) is 0 Å². The Kier molecular flexibility index (Phi) is 5.26. The number of nitrogens with zero attached hydrogens (tertiary/aromatic N) is 7. The minimum atomic E-state index is -0.284. The number of carbonyl (C=O) groups is 1. The lowest BCUT2D eigenvalue weighted by atomic mass is 9.66. The van der Waals surface area contributed by atoms with Crippen LogP contribution in [0.25, 0.3) is 0 Å². The van der Waals surface area contributed by atoms with Crippen molar-refractivity contribution in [3.63, 3.8) is 0 Å². The molecule has 2 aliphatic heterocycles. The van der Waals surface area contributed by atoms with E-state index in [4.69, 9.17) is 9.97 Å². The predicted octanol–water partition coefficient (Wildman–Crippen LogP) is 4.18. The number of nitriles is 1. The molecule has 4 aliphatic rings. The number of amides is 1. The second-order valence-corrected chi connectivity index (χ2v) is 11.9. The Bertz CT molecular complexity index is 1240. The first-order valence-electron chi connectivity index (χ1n) is 13.3. The Labute approximate surface area is 213 Å². The van der Waals surface area contributed by atoms with Crippen LogP contribution in [-0.4, -0.2) is 57.5 Å². The van der Waals surface area contributed by atoms with Gasteiger partial charge in [0.05, 0.1) is 11.6 Å². The molecule has 0 N–H and O–H groups in total. The third-order valence-electron chi connectivity index (χ3n) is 9.18. The van der Waals surface area contributed by atoms with Crippen molar-refractivity contribution in [3.8, 4) is 6.07 Å². The molecule has 6 rings (SSSR count). The van der Waals surface area contributed by atoms with Crippen LogP contribution in [0.15, 0.2) is 24.7 Å². The van der Waals surface area contributed by atoms with Crippen molar-refractivity contribution >= 4 is 23.4 Å². The van der Waals surface area contributed by atoms with Crippen LogP contribution in [0.4, 0.5) is 17.5 Å². The summed E-state index contributed by atoms with van der Waals surface area (Å²) >= 11 is 0. The third kappa shape index (κ3) is 3.47. The number of piperazine rings is 1. The van der Waals surface area contributed by atoms with Crippen LogP contribution in [0.5, 0.6) is 0 Å². The van der Waals surface area contributed by atoms with E-state index < -0.39 is 0 Å². The zero-order valence-corrected chi connectivity index (χ0v) is 21.7. The van der Waals surface area contributed by atoms with E-state index in [2.05, 4.69) is 53.4 Å². The highest BCUT2D eigenvalue weighted by atomic mass is 16.2. The first-order valence-corrected chi connectivity index (χ1v) is 13.3. The van der Waals surface area contributed by atoms with Gasteiger partial charge >= 0.3 is 0 Å². The number of fused-ring (bicyclic) bond motifs is 2. The highest BCUT2D eigenvalue weighted by molar-refractivity contribution is 5.83. The molecule has 0 bridgehead atoms. The van der Waals surface area contributed by atoms with E-state index in [0.717, 1.165) is 43.4 Å². The van der Waals surface area contributed by atoms with Crippen LogP contribution in [0, 0.1) is 22.7 Å². The van der Waals surface area contributed by atoms with E-state index in [0.29, 0.717) is 23.9 Å². The molecule has 1 amide bonds. The maximum atomic E-state index is 13.5. The summed E-state index contributed by atoms with van der Waals surface area (Å²) in [5.41, 5.74) is 1.55. The second kappa shape index (κ2) is 8.16. The van der Waals surface area contributed by atoms with E-state index in [1.807, 2.05) is 6.07 Å². The summed E-state index contributed by atoms with van der Waals surface area (Å²) in [5, 5.41) is 9.42. The van der Waals surface area contributed by atoms with E-state index >= 15 is 0 Å². The molecule has 8 nitrogen and oxygen atoms in total. The lowest BCUT2D eigenvalue weighted by Gasteiger charge is -2.48. The normalized spacial score (nSPS) is 24.9. The Balaban J connectivity index is 1.34. The molecule has 2 aromatic rings. The van der Waals surface area contributed by atoms with Gasteiger partial charge in [-0.2, -0.15) is 5.26 Å². The fraction of sp³-hybridized carbons (Fsp3) is 0.607. The van der Waals surface area contributed by atoms with Crippen LogP contribution in [0.2, 0.25) is 0 Å². The van der Waals surface area contributed by atoms with Gasteiger partial charge in [-0.25, -0.2) is 15.0 Å². The van der Waals surface area contributed by atoms with Gasteiger partial charge in [-0.1, -0.05) is 20.3 Å². The molecule has 0 aromatic carbocycles. The van der Waals surface area contributed by atoms with E-state index in [9.17, 15) is 10.1 Å². The number of hydrogen-bond donors (Lipinski definition) is 0. The Morgan fingerprint density at radius 1 is 1.11 bits per heavy atom. The van der Waals surface area contributed by atoms with Gasteiger partial charge in [-0.05, 0) is 57.6 Å². The maximum Gasteiger partial charge on any atom is 0.228 e. The molecule has 8 heteroatoms. The van der Waals surface area contributed by atoms with Crippen molar-refractivity contribution in [2.75, 3.05) is 29.4 Å². The maximum absolute atomic E-state index is 13.5. The molecule has 2 unspecified atom stereocenters. The Morgan fingerprint density at radius 3 is 2.53 bits per heavy atom. The molecule has 2 saturated carbocycles. The predicted molar refractivity (Wildman–Crippen MR) is 138 cm³/mol. The lowest BCUT2D eigenvalue weighted by Crippen LogP contribution is -2.61. The smallest absolute Gasteiger partial charge is 0.228 e. The minimum absolute atomic E-state index is 0.0140. The summed E-state index contributed by atoms with van der Waals surface area (Å²) in [7, 11) is 0. The standard InChI is InChI=1S/C28H35N7O/c1-18-15-34(26(36)27(3,4)21-6-7-21)19(2)14-33(18)24-23-25(32-17-31-24)35(16-28(23)9-5-10-28)22-12-20(13-29)8-11-30-22/h8,11-12,17-19,21H,5-7,9-10,14-16H2,1-4H3. The molecular formula is C28H35N7O. The largest absolute Gasteiger partial charge is 0.350 e. The molecule has 1 saturated heterocycles. The average molecular weight is 486 g/mol. The summed E-state index contributed by atoms with van der Waals surface area (Å²) in [6.07, 6.45) is 9.10. The Morgan fingerprint density at radius 2 is 1.86 bits per heavy atom. The SMILES string of the molecule is CC1CN(c2ncnc3c2C2(CCC2)CN3c2cc(C#N)ccn2)C(C)CN1C(=O)C(C)(C)C1CC1. The third-order valence-corrected chi connectivity index (χ3v) is 9.18. The molecule has 3 fully saturated rings. The van der Waals surface area contributed by atoms with Crippen LogP contribution >= 0.6 is 0 Å². The minimum Gasteiger partial charge on any atom is -0.350 e. The van der Waals surface area contributed by atoms with E-state index in [1.54, 1.807) is 18.6 Å². The molecule has 2 aromatic heterocycles. The molecule has 2 atom stereocenters. The molecule has 4 heterocycles. The van der Waals surface area contributed by atoms with Crippen molar-refractivity contribution in [3.05, 3.63) is 35.8 Å². The number of pyridine rings is 1. The van der Waals surface area contributed by atoms with E-state index in [1.165, 1.54) is 24.8 Å². The molecule has 0 radical (unpaired) electrons. The zero-order chi connectivity index (χ0) is 25.2.